The molecule has 1 atom stereocenters. The van der Waals surface area contributed by atoms with Crippen molar-refractivity contribution in [1.82, 2.24) is 10.2 Å². The Morgan fingerprint density at radius 3 is 2.03 bits per heavy atom. The predicted octanol–water partition coefficient (Wildman–Crippen LogP) is 3.27. The zero-order valence-corrected chi connectivity index (χ0v) is 20.4. The highest BCUT2D eigenvalue weighted by Gasteiger charge is 2.26. The summed E-state index contributed by atoms with van der Waals surface area (Å²) in [6.45, 7) is 4.13. The van der Waals surface area contributed by atoms with E-state index in [9.17, 15) is 30.6 Å². The minimum absolute atomic E-state index is 0.152. The van der Waals surface area contributed by atoms with E-state index in [2.05, 4.69) is 10.3 Å². The molecule has 1 unspecified atom stereocenters. The van der Waals surface area contributed by atoms with E-state index in [-0.39, 0.29) is 34.5 Å². The van der Waals surface area contributed by atoms with Gasteiger partial charge in [-0.15, -0.1) is 0 Å². The Labute approximate surface area is 210 Å². The molecular formula is C27H33N3O6. The Hall–Kier alpha value is -3.95. The van der Waals surface area contributed by atoms with Crippen LogP contribution in [0.3, 0.4) is 0 Å². The summed E-state index contributed by atoms with van der Waals surface area (Å²) < 4.78 is 0. The van der Waals surface area contributed by atoms with Crippen molar-refractivity contribution < 1.29 is 30.6 Å². The van der Waals surface area contributed by atoms with E-state index in [1.54, 1.807) is 36.4 Å². The minimum atomic E-state index is -0.434. The monoisotopic (exact) mass is 495 g/mol. The summed E-state index contributed by atoms with van der Waals surface area (Å²) in [6.07, 6.45) is 1.51. The number of aliphatic imine (C=N–C) groups is 1. The van der Waals surface area contributed by atoms with E-state index in [0.717, 1.165) is 0 Å². The van der Waals surface area contributed by atoms with Crippen molar-refractivity contribution in [3.63, 3.8) is 0 Å². The second-order valence-electron chi connectivity index (χ2n) is 9.34. The lowest BCUT2D eigenvalue weighted by atomic mass is 9.89. The molecule has 0 saturated heterocycles. The van der Waals surface area contributed by atoms with Crippen LogP contribution in [0.15, 0.2) is 59.6 Å². The fourth-order valence-corrected chi connectivity index (χ4v) is 4.10. The van der Waals surface area contributed by atoms with Gasteiger partial charge in [0.05, 0.1) is 0 Å². The van der Waals surface area contributed by atoms with Gasteiger partial charge in [-0.05, 0) is 31.3 Å². The van der Waals surface area contributed by atoms with Gasteiger partial charge in [-0.25, -0.2) is 0 Å². The van der Waals surface area contributed by atoms with Gasteiger partial charge in [0.1, 0.15) is 0 Å². The van der Waals surface area contributed by atoms with Crippen LogP contribution >= 0.6 is 0 Å². The summed E-state index contributed by atoms with van der Waals surface area (Å²) in [4.78, 5) is 6.53. The molecule has 0 aliphatic carbocycles. The van der Waals surface area contributed by atoms with Crippen molar-refractivity contribution in [3.8, 4) is 34.5 Å². The maximum Gasteiger partial charge on any atom is 0.166 e. The molecule has 0 aliphatic rings. The van der Waals surface area contributed by atoms with Gasteiger partial charge in [-0.1, -0.05) is 37.3 Å². The van der Waals surface area contributed by atoms with Crippen molar-refractivity contribution >= 4 is 6.21 Å². The van der Waals surface area contributed by atoms with E-state index in [4.69, 9.17) is 0 Å². The van der Waals surface area contributed by atoms with Crippen molar-refractivity contribution in [1.29, 1.82) is 0 Å². The van der Waals surface area contributed by atoms with E-state index < -0.39 is 5.41 Å². The highest BCUT2D eigenvalue weighted by Crippen LogP contribution is 2.31. The Morgan fingerprint density at radius 2 is 1.36 bits per heavy atom. The molecule has 3 aromatic rings. The van der Waals surface area contributed by atoms with Gasteiger partial charge >= 0.3 is 0 Å². The fourth-order valence-electron chi connectivity index (χ4n) is 4.10. The largest absolute Gasteiger partial charge is 0.504 e. The molecule has 7 N–H and O–H groups in total. The van der Waals surface area contributed by atoms with E-state index in [1.165, 1.54) is 24.4 Å². The molecule has 0 spiro atoms. The summed E-state index contributed by atoms with van der Waals surface area (Å²) in [5.41, 5.74) is 1.11. The third-order valence-electron chi connectivity index (χ3n) is 5.91. The molecule has 0 amide bonds. The molecule has 0 saturated carbocycles. The van der Waals surface area contributed by atoms with Crippen molar-refractivity contribution in [2.75, 3.05) is 26.7 Å². The first-order chi connectivity index (χ1) is 17.1. The van der Waals surface area contributed by atoms with Crippen molar-refractivity contribution in [2.24, 2.45) is 10.4 Å². The SMILES string of the molecule is CN(Cc1cccc(O)c1O)CC(C)(CN=Cc1cccc(O)c1O)CNCc1cccc(O)c1O. The Morgan fingerprint density at radius 1 is 0.806 bits per heavy atom. The average molecular weight is 496 g/mol. The molecule has 9 heteroatoms. The second-order valence-corrected chi connectivity index (χ2v) is 9.34. The minimum Gasteiger partial charge on any atom is -0.504 e. The van der Waals surface area contributed by atoms with Gasteiger partial charge in [-0.2, -0.15) is 0 Å². The molecular weight excluding hydrogens is 462 g/mol. The van der Waals surface area contributed by atoms with Crippen LogP contribution in [-0.2, 0) is 13.1 Å². The Kier molecular flexibility index (Phi) is 8.63. The lowest BCUT2D eigenvalue weighted by Crippen LogP contribution is -2.42. The zero-order valence-electron chi connectivity index (χ0n) is 20.4. The first kappa shape index (κ1) is 26.7. The lowest BCUT2D eigenvalue weighted by molar-refractivity contribution is 0.186. The van der Waals surface area contributed by atoms with Gasteiger partial charge in [0.2, 0.25) is 0 Å². The topological polar surface area (TPSA) is 149 Å². The second kappa shape index (κ2) is 11.7. The average Bonchev–Trinajstić information content (AvgIpc) is 2.82. The summed E-state index contributed by atoms with van der Waals surface area (Å²) in [5, 5.41) is 62.9. The molecule has 0 aromatic heterocycles. The molecule has 0 heterocycles. The number of phenolic OH excluding ortho intramolecular Hbond substituents is 6. The lowest BCUT2D eigenvalue weighted by Gasteiger charge is -2.33. The van der Waals surface area contributed by atoms with Crippen LogP contribution in [-0.4, -0.2) is 68.4 Å². The summed E-state index contributed by atoms with van der Waals surface area (Å²) in [6, 6.07) is 14.3. The van der Waals surface area contributed by atoms with Crippen LogP contribution in [0.1, 0.15) is 23.6 Å². The molecule has 9 nitrogen and oxygen atoms in total. The van der Waals surface area contributed by atoms with Crippen LogP contribution in [0, 0.1) is 5.41 Å². The summed E-state index contributed by atoms with van der Waals surface area (Å²) in [7, 11) is 1.90. The maximum absolute atomic E-state index is 10.2. The number of phenols is 6. The summed E-state index contributed by atoms with van der Waals surface area (Å²) in [5.74, 6) is -1.14. The number of hydrogen-bond donors (Lipinski definition) is 7. The Balaban J connectivity index is 1.74. The van der Waals surface area contributed by atoms with Crippen LogP contribution in [0.2, 0.25) is 0 Å². The molecule has 0 aliphatic heterocycles. The first-order valence-electron chi connectivity index (χ1n) is 11.5. The maximum atomic E-state index is 10.2. The third kappa shape index (κ3) is 6.80. The number of aromatic hydroxyl groups is 6. The molecule has 192 valence electrons. The number of para-hydroxylation sites is 3. The van der Waals surface area contributed by atoms with Gasteiger partial charge in [0.25, 0.3) is 0 Å². The van der Waals surface area contributed by atoms with Gasteiger partial charge in [0.15, 0.2) is 34.5 Å². The molecule has 3 rings (SSSR count). The Bertz CT molecular complexity index is 1220. The quantitative estimate of drug-likeness (QED) is 0.158. The standard InChI is InChI=1S/C27H33N3O6/c1-27(15-28-12-18-6-3-9-21(31)24(18)34,16-29-13-19-7-4-10-22(32)25(19)35)17-30(2)14-20-8-5-11-23(33)26(20)36/h3-12,29,31-36H,13-17H2,1-2H3. The highest BCUT2D eigenvalue weighted by atomic mass is 16.3. The fraction of sp³-hybridized carbons (Fsp3) is 0.296. The van der Waals surface area contributed by atoms with E-state index in [1.807, 2.05) is 18.9 Å². The molecule has 0 bridgehead atoms. The summed E-state index contributed by atoms with van der Waals surface area (Å²) >= 11 is 0. The van der Waals surface area contributed by atoms with E-state index >= 15 is 0 Å². The van der Waals surface area contributed by atoms with Crippen LogP contribution < -0.4 is 5.32 Å². The number of benzene rings is 3. The van der Waals surface area contributed by atoms with Gasteiger partial charge in [-0.3, -0.25) is 4.99 Å². The number of nitrogens with zero attached hydrogens (tertiary/aromatic N) is 2. The molecule has 0 radical (unpaired) electrons. The number of hydrogen-bond acceptors (Lipinski definition) is 9. The smallest absolute Gasteiger partial charge is 0.166 e. The zero-order chi connectivity index (χ0) is 26.3. The first-order valence-corrected chi connectivity index (χ1v) is 11.5. The third-order valence-corrected chi connectivity index (χ3v) is 5.91. The van der Waals surface area contributed by atoms with Crippen LogP contribution in [0.25, 0.3) is 0 Å². The van der Waals surface area contributed by atoms with Gasteiger partial charge < -0.3 is 40.9 Å². The molecule has 36 heavy (non-hydrogen) atoms. The molecule has 0 fully saturated rings. The highest BCUT2D eigenvalue weighted by molar-refractivity contribution is 5.84. The van der Waals surface area contributed by atoms with Crippen molar-refractivity contribution in [2.45, 2.75) is 20.0 Å². The van der Waals surface area contributed by atoms with E-state index in [0.29, 0.717) is 49.4 Å². The number of rotatable bonds is 11. The van der Waals surface area contributed by atoms with Crippen LogP contribution in [0.5, 0.6) is 34.5 Å². The predicted molar refractivity (Wildman–Crippen MR) is 138 cm³/mol. The van der Waals surface area contributed by atoms with Gasteiger partial charge in [0, 0.05) is 61.0 Å². The molecule has 3 aromatic carbocycles. The normalized spacial score (nSPS) is 13.3. The number of nitrogens with one attached hydrogen (secondary N) is 1. The van der Waals surface area contributed by atoms with Crippen molar-refractivity contribution in [3.05, 3.63) is 71.3 Å². The van der Waals surface area contributed by atoms with Crippen LogP contribution in [0.4, 0.5) is 0 Å².